The van der Waals surface area contributed by atoms with Gasteiger partial charge in [0.1, 0.15) is 17.2 Å². The topological polar surface area (TPSA) is 120 Å². The van der Waals surface area contributed by atoms with Crippen LogP contribution in [0.1, 0.15) is 18.3 Å². The van der Waals surface area contributed by atoms with Crippen molar-refractivity contribution in [1.82, 2.24) is 24.9 Å². The van der Waals surface area contributed by atoms with Gasteiger partial charge in [-0.25, -0.2) is 4.98 Å². The molecule has 0 aliphatic heterocycles. The second kappa shape index (κ2) is 7.55. The maximum absolute atomic E-state index is 12.8. The molecule has 3 aromatic heterocycles. The maximum atomic E-state index is 12.8. The van der Waals surface area contributed by atoms with Gasteiger partial charge in [0, 0.05) is 24.0 Å². The van der Waals surface area contributed by atoms with E-state index < -0.39 is 11.9 Å². The van der Waals surface area contributed by atoms with Gasteiger partial charge in [0.25, 0.3) is 0 Å². The number of hydrogen-bond donors (Lipinski definition) is 2. The largest absolute Gasteiger partial charge is 0.433 e. The minimum atomic E-state index is -4.58. The van der Waals surface area contributed by atoms with Crippen LogP contribution in [0.2, 0.25) is 0 Å². The number of hydrogen-bond acceptors (Lipinski definition) is 8. The van der Waals surface area contributed by atoms with Gasteiger partial charge in [-0.15, -0.1) is 0 Å². The van der Waals surface area contributed by atoms with Gasteiger partial charge >= 0.3 is 6.18 Å². The standard InChI is InChI=1S/C17H14F3N7O/c1-9(28)7-10-3-2-4-12(23-10)14-25-15(21)27-16(26-14)24-11-5-6-22-13(8-11)17(18,19)20/h2-6,8H,7H2,1H3,(H3,21,22,24,25,26,27). The fourth-order valence-corrected chi connectivity index (χ4v) is 2.31. The van der Waals surface area contributed by atoms with Crippen molar-refractivity contribution in [1.29, 1.82) is 0 Å². The number of aromatic nitrogens is 5. The molecule has 0 unspecified atom stereocenters. The summed E-state index contributed by atoms with van der Waals surface area (Å²) in [5.74, 6) is -0.136. The number of pyridine rings is 2. The minimum Gasteiger partial charge on any atom is -0.368 e. The van der Waals surface area contributed by atoms with Gasteiger partial charge in [-0.2, -0.15) is 28.1 Å². The zero-order chi connectivity index (χ0) is 20.3. The first-order valence-electron chi connectivity index (χ1n) is 7.98. The highest BCUT2D eigenvalue weighted by atomic mass is 19.4. The van der Waals surface area contributed by atoms with Crippen LogP contribution in [0.3, 0.4) is 0 Å². The molecule has 3 N–H and O–H groups in total. The van der Waals surface area contributed by atoms with Crippen LogP contribution < -0.4 is 11.1 Å². The fourth-order valence-electron chi connectivity index (χ4n) is 2.31. The molecule has 3 aromatic rings. The Balaban J connectivity index is 1.91. The third-order valence-corrected chi connectivity index (χ3v) is 3.43. The van der Waals surface area contributed by atoms with Gasteiger partial charge < -0.3 is 11.1 Å². The Morgan fingerprint density at radius 3 is 2.64 bits per heavy atom. The van der Waals surface area contributed by atoms with Gasteiger partial charge in [-0.3, -0.25) is 9.78 Å². The summed E-state index contributed by atoms with van der Waals surface area (Å²) in [4.78, 5) is 30.9. The second-order valence-corrected chi connectivity index (χ2v) is 5.79. The Labute approximate surface area is 157 Å². The zero-order valence-corrected chi connectivity index (χ0v) is 14.5. The quantitative estimate of drug-likeness (QED) is 0.684. The Morgan fingerprint density at radius 1 is 1.14 bits per heavy atom. The summed E-state index contributed by atoms with van der Waals surface area (Å²) in [6.45, 7) is 1.45. The maximum Gasteiger partial charge on any atom is 0.433 e. The van der Waals surface area contributed by atoms with E-state index >= 15 is 0 Å². The van der Waals surface area contributed by atoms with Crippen LogP contribution in [0.25, 0.3) is 11.5 Å². The molecule has 3 heterocycles. The summed E-state index contributed by atoms with van der Waals surface area (Å²) >= 11 is 0. The molecule has 0 radical (unpaired) electrons. The fraction of sp³-hybridized carbons (Fsp3) is 0.176. The number of halogens is 3. The number of carbonyl (C=O) groups excluding carboxylic acids is 1. The van der Waals surface area contributed by atoms with E-state index in [9.17, 15) is 18.0 Å². The van der Waals surface area contributed by atoms with Crippen LogP contribution >= 0.6 is 0 Å². The van der Waals surface area contributed by atoms with Crippen molar-refractivity contribution in [2.24, 2.45) is 0 Å². The van der Waals surface area contributed by atoms with E-state index in [1.807, 2.05) is 0 Å². The van der Waals surface area contributed by atoms with Gasteiger partial charge in [0.15, 0.2) is 5.82 Å². The van der Waals surface area contributed by atoms with Crippen molar-refractivity contribution in [3.05, 3.63) is 47.9 Å². The van der Waals surface area contributed by atoms with Gasteiger partial charge in [0.2, 0.25) is 11.9 Å². The van der Waals surface area contributed by atoms with E-state index in [0.717, 1.165) is 12.3 Å². The molecule has 3 rings (SSSR count). The van der Waals surface area contributed by atoms with Crippen LogP contribution in [-0.2, 0) is 17.4 Å². The van der Waals surface area contributed by atoms with Crippen molar-refractivity contribution >= 4 is 23.4 Å². The lowest BCUT2D eigenvalue weighted by Gasteiger charge is -2.10. The summed E-state index contributed by atoms with van der Waals surface area (Å²) in [6.07, 6.45) is -3.41. The molecule has 144 valence electrons. The van der Waals surface area contributed by atoms with Crippen molar-refractivity contribution in [3.63, 3.8) is 0 Å². The van der Waals surface area contributed by atoms with Crippen LogP contribution in [0.4, 0.5) is 30.8 Å². The summed E-state index contributed by atoms with van der Waals surface area (Å²) in [6, 6.07) is 7.15. The number of nitrogens with one attached hydrogen (secondary N) is 1. The third-order valence-electron chi connectivity index (χ3n) is 3.43. The van der Waals surface area contributed by atoms with Crippen LogP contribution in [-0.4, -0.2) is 30.7 Å². The van der Waals surface area contributed by atoms with Crippen molar-refractivity contribution in [2.45, 2.75) is 19.5 Å². The third kappa shape index (κ3) is 4.75. The predicted octanol–water partition coefficient (Wildman–Crippen LogP) is 2.80. The Bertz CT molecular complexity index is 1020. The van der Waals surface area contributed by atoms with Crippen molar-refractivity contribution in [2.75, 3.05) is 11.1 Å². The number of rotatable bonds is 5. The number of ketones is 1. The molecule has 11 heteroatoms. The Kier molecular flexibility index (Phi) is 5.16. The number of nitrogen functional groups attached to an aromatic ring is 1. The molecule has 0 spiro atoms. The average Bonchev–Trinajstić information content (AvgIpc) is 2.60. The number of Topliss-reactive ketones (excluding diaryl/α,β-unsaturated/α-hetero) is 1. The van der Waals surface area contributed by atoms with E-state index in [0.29, 0.717) is 11.4 Å². The lowest BCUT2D eigenvalue weighted by molar-refractivity contribution is -0.141. The number of nitrogens with zero attached hydrogens (tertiary/aromatic N) is 5. The predicted molar refractivity (Wildman–Crippen MR) is 94.4 cm³/mol. The second-order valence-electron chi connectivity index (χ2n) is 5.79. The van der Waals surface area contributed by atoms with Crippen LogP contribution in [0.5, 0.6) is 0 Å². The molecule has 0 aliphatic carbocycles. The number of carbonyl (C=O) groups is 1. The van der Waals surface area contributed by atoms with Gasteiger partial charge in [-0.05, 0) is 31.2 Å². The average molecular weight is 389 g/mol. The normalized spacial score (nSPS) is 11.3. The van der Waals surface area contributed by atoms with Gasteiger partial charge in [0.05, 0.1) is 0 Å². The molecular weight excluding hydrogens is 375 g/mol. The van der Waals surface area contributed by atoms with Crippen molar-refractivity contribution in [3.8, 4) is 11.5 Å². The molecule has 0 bridgehead atoms. The van der Waals surface area contributed by atoms with E-state index in [-0.39, 0.29) is 35.6 Å². The van der Waals surface area contributed by atoms with E-state index in [4.69, 9.17) is 5.73 Å². The first kappa shape index (κ1) is 19.1. The van der Waals surface area contributed by atoms with E-state index in [2.05, 4.69) is 30.2 Å². The van der Waals surface area contributed by atoms with Crippen LogP contribution in [0.15, 0.2) is 36.5 Å². The van der Waals surface area contributed by atoms with E-state index in [1.54, 1.807) is 18.2 Å². The molecule has 0 amide bonds. The molecule has 0 saturated heterocycles. The molecule has 28 heavy (non-hydrogen) atoms. The summed E-state index contributed by atoms with van der Waals surface area (Å²) in [5.41, 5.74) is 5.59. The molecule has 8 nitrogen and oxygen atoms in total. The molecule has 0 saturated carbocycles. The first-order chi connectivity index (χ1) is 13.2. The van der Waals surface area contributed by atoms with Gasteiger partial charge in [-0.1, -0.05) is 6.07 Å². The van der Waals surface area contributed by atoms with Crippen molar-refractivity contribution < 1.29 is 18.0 Å². The van der Waals surface area contributed by atoms with Crippen LogP contribution in [0, 0.1) is 0 Å². The lowest BCUT2D eigenvalue weighted by atomic mass is 10.2. The molecule has 0 atom stereocenters. The molecule has 0 aliphatic rings. The highest BCUT2D eigenvalue weighted by Crippen LogP contribution is 2.29. The summed E-state index contributed by atoms with van der Waals surface area (Å²) < 4.78 is 38.4. The highest BCUT2D eigenvalue weighted by molar-refractivity contribution is 5.77. The van der Waals surface area contributed by atoms with E-state index in [1.165, 1.54) is 13.0 Å². The summed E-state index contributed by atoms with van der Waals surface area (Å²) in [5, 5.41) is 2.65. The number of alkyl halides is 3. The molecule has 0 aromatic carbocycles. The SMILES string of the molecule is CC(=O)Cc1cccc(-c2nc(N)nc(Nc3ccnc(C(F)(F)F)c3)n2)n1. The number of anilines is 3. The summed E-state index contributed by atoms with van der Waals surface area (Å²) in [7, 11) is 0. The highest BCUT2D eigenvalue weighted by Gasteiger charge is 2.32. The monoisotopic (exact) mass is 389 g/mol. The lowest BCUT2D eigenvalue weighted by Crippen LogP contribution is -2.09. The molecular formula is C17H14F3N7O. The number of nitrogens with two attached hydrogens (primary N) is 1. The first-order valence-corrected chi connectivity index (χ1v) is 7.98. The molecule has 0 fully saturated rings. The zero-order valence-electron chi connectivity index (χ0n) is 14.5. The smallest absolute Gasteiger partial charge is 0.368 e. The Hall–Kier alpha value is -3.63. The Morgan fingerprint density at radius 2 is 1.93 bits per heavy atom. The minimum absolute atomic E-state index is 0.0550.